The van der Waals surface area contributed by atoms with Crippen LogP contribution < -0.4 is 0 Å². The molecule has 0 saturated heterocycles. The lowest BCUT2D eigenvalue weighted by Gasteiger charge is -1.70. The minimum atomic E-state index is 0. The lowest BCUT2D eigenvalue weighted by molar-refractivity contribution is 1.20. The highest BCUT2D eigenvalue weighted by molar-refractivity contribution is 5.86. The maximum Gasteiger partial charge on any atom is 0.0451 e. The summed E-state index contributed by atoms with van der Waals surface area (Å²) in [5, 5.41) is 0. The fourth-order valence-electron chi connectivity index (χ4n) is 0.253. The number of nitrogens with zero attached hydrogens (tertiary/aromatic N) is 2. The van der Waals surface area contributed by atoms with Crippen molar-refractivity contribution in [2.75, 3.05) is 0 Å². The molecule has 54 valence electrons. The van der Waals surface area contributed by atoms with Gasteiger partial charge in [-0.05, 0) is 0 Å². The van der Waals surface area contributed by atoms with Gasteiger partial charge in [-0.2, -0.15) is 0 Å². The molecule has 0 saturated carbocycles. The molecule has 1 rings (SSSR count). The van der Waals surface area contributed by atoms with Gasteiger partial charge in [-0.3, -0.25) is 9.97 Å². The van der Waals surface area contributed by atoms with Crippen LogP contribution in [0.1, 0.15) is 0 Å². The molecule has 0 atom stereocenters. The van der Waals surface area contributed by atoms with Crippen LogP contribution in [0.3, 0.4) is 0 Å². The van der Waals surface area contributed by atoms with E-state index < -0.39 is 0 Å². The molecule has 1 aromatic heterocycles. The van der Waals surface area contributed by atoms with Gasteiger partial charge in [0.05, 0.1) is 0 Å². The minimum Gasteiger partial charge on any atom is -0.262 e. The second-order valence-corrected chi connectivity index (χ2v) is 0.894. The first-order valence-corrected chi connectivity index (χ1v) is 1.70. The number of aromatic nitrogens is 2. The van der Waals surface area contributed by atoms with Crippen LogP contribution in [0, 0.1) is 0 Å². The first-order valence-electron chi connectivity index (χ1n) is 1.70. The molecule has 0 N–H and O–H groups in total. The van der Waals surface area contributed by atoms with Gasteiger partial charge in [0.15, 0.2) is 0 Å². The Hall–Kier alpha value is -0.0500. The molecule has 0 unspecified atom stereocenters. The summed E-state index contributed by atoms with van der Waals surface area (Å²) in [4.78, 5) is 7.44. The Bertz CT molecular complexity index is 85.7. The molecule has 0 spiro atoms. The number of hydrogen-bond donors (Lipinski definition) is 0. The van der Waals surface area contributed by atoms with E-state index >= 15 is 0 Å². The molecule has 2 nitrogen and oxygen atoms in total. The zero-order valence-corrected chi connectivity index (χ0v) is 6.88. The Balaban J connectivity index is -0.000000120. The van der Waals surface area contributed by atoms with Crippen LogP contribution in [0.5, 0.6) is 0 Å². The van der Waals surface area contributed by atoms with Crippen LogP contribution in [-0.4, -0.2) is 9.97 Å². The molecule has 0 fully saturated rings. The molecule has 1 aromatic rings. The summed E-state index contributed by atoms with van der Waals surface area (Å²) in [5.41, 5.74) is 0. The quantitative estimate of drug-likeness (QED) is 0.621. The Labute approximate surface area is 72.3 Å². The molecular formula is C4H7Cl3N2. The average Bonchev–Trinajstić information content (AvgIpc) is 1.72. The van der Waals surface area contributed by atoms with Gasteiger partial charge in [0.1, 0.15) is 0 Å². The second kappa shape index (κ2) is 10.8. The summed E-state index contributed by atoms with van der Waals surface area (Å²) in [6.45, 7) is 0. The van der Waals surface area contributed by atoms with Crippen molar-refractivity contribution in [3.05, 3.63) is 24.8 Å². The van der Waals surface area contributed by atoms with Gasteiger partial charge in [-0.1, -0.05) is 0 Å². The smallest absolute Gasteiger partial charge is 0.0451 e. The lowest BCUT2D eigenvalue weighted by atomic mass is 10.8. The van der Waals surface area contributed by atoms with Crippen molar-refractivity contribution in [2.24, 2.45) is 0 Å². The normalized spacial score (nSPS) is 5.33. The third-order valence-corrected chi connectivity index (χ3v) is 0.478. The lowest BCUT2D eigenvalue weighted by Crippen LogP contribution is -1.66. The van der Waals surface area contributed by atoms with Gasteiger partial charge in [-0.15, -0.1) is 37.2 Å². The number of halogens is 3. The Morgan fingerprint density at radius 1 is 0.556 bits per heavy atom. The predicted molar refractivity (Wildman–Crippen MR) is 43.8 cm³/mol. The van der Waals surface area contributed by atoms with Crippen LogP contribution in [0.25, 0.3) is 0 Å². The fourth-order valence-corrected chi connectivity index (χ4v) is 0.253. The Morgan fingerprint density at radius 2 is 0.778 bits per heavy atom. The summed E-state index contributed by atoms with van der Waals surface area (Å²) in [7, 11) is 0. The van der Waals surface area contributed by atoms with E-state index in [0.717, 1.165) is 0 Å². The van der Waals surface area contributed by atoms with Gasteiger partial charge in [0, 0.05) is 24.8 Å². The Morgan fingerprint density at radius 3 is 0.889 bits per heavy atom. The van der Waals surface area contributed by atoms with Crippen LogP contribution in [-0.2, 0) is 0 Å². The number of hydrogen-bond acceptors (Lipinski definition) is 2. The van der Waals surface area contributed by atoms with Crippen molar-refractivity contribution in [2.45, 2.75) is 0 Å². The van der Waals surface area contributed by atoms with E-state index in [0.29, 0.717) is 0 Å². The maximum absolute atomic E-state index is 3.72. The Kier molecular flexibility index (Phi) is 19.3. The van der Waals surface area contributed by atoms with Crippen molar-refractivity contribution < 1.29 is 0 Å². The predicted octanol–water partition coefficient (Wildman–Crippen LogP) is 1.74. The van der Waals surface area contributed by atoms with Gasteiger partial charge in [0.2, 0.25) is 0 Å². The molecular weight excluding hydrogens is 182 g/mol. The molecule has 0 bridgehead atoms. The standard InChI is InChI=1S/C4H4N2.3ClH/c1-2-6-4-3-5-1;;;/h1-4H;3*1H. The molecule has 9 heavy (non-hydrogen) atoms. The molecule has 0 aliphatic heterocycles. The van der Waals surface area contributed by atoms with Gasteiger partial charge in [0.25, 0.3) is 0 Å². The van der Waals surface area contributed by atoms with Crippen LogP contribution >= 0.6 is 37.2 Å². The zero-order chi connectivity index (χ0) is 4.24. The molecule has 0 radical (unpaired) electrons. The van der Waals surface area contributed by atoms with E-state index in [1.54, 1.807) is 24.8 Å². The number of rotatable bonds is 0. The highest BCUT2D eigenvalue weighted by Crippen LogP contribution is 1.65. The van der Waals surface area contributed by atoms with Crippen molar-refractivity contribution in [1.29, 1.82) is 0 Å². The van der Waals surface area contributed by atoms with E-state index in [4.69, 9.17) is 0 Å². The fraction of sp³-hybridized carbons (Fsp3) is 0. The molecule has 0 aliphatic carbocycles. The average molecular weight is 189 g/mol. The van der Waals surface area contributed by atoms with Crippen LogP contribution in [0.2, 0.25) is 0 Å². The van der Waals surface area contributed by atoms with Gasteiger partial charge in [-0.25, -0.2) is 0 Å². The summed E-state index contributed by atoms with van der Waals surface area (Å²) in [6, 6.07) is 0. The monoisotopic (exact) mass is 188 g/mol. The third-order valence-electron chi connectivity index (χ3n) is 0.478. The van der Waals surface area contributed by atoms with Gasteiger partial charge >= 0.3 is 0 Å². The van der Waals surface area contributed by atoms with E-state index in [9.17, 15) is 0 Å². The summed E-state index contributed by atoms with van der Waals surface area (Å²) >= 11 is 0. The van der Waals surface area contributed by atoms with Crippen LogP contribution in [0.15, 0.2) is 24.8 Å². The van der Waals surface area contributed by atoms with Crippen molar-refractivity contribution in [1.82, 2.24) is 9.97 Å². The second-order valence-electron chi connectivity index (χ2n) is 0.894. The molecule has 0 aliphatic rings. The summed E-state index contributed by atoms with van der Waals surface area (Å²) in [6.07, 6.45) is 6.56. The zero-order valence-electron chi connectivity index (χ0n) is 4.43. The molecule has 0 aromatic carbocycles. The largest absolute Gasteiger partial charge is 0.262 e. The topological polar surface area (TPSA) is 25.8 Å². The van der Waals surface area contributed by atoms with Gasteiger partial charge < -0.3 is 0 Å². The van der Waals surface area contributed by atoms with E-state index in [-0.39, 0.29) is 37.2 Å². The summed E-state index contributed by atoms with van der Waals surface area (Å²) < 4.78 is 0. The maximum atomic E-state index is 3.72. The SMILES string of the molecule is Cl.Cl.Cl.c1cnccn1. The van der Waals surface area contributed by atoms with E-state index in [1.165, 1.54) is 0 Å². The van der Waals surface area contributed by atoms with E-state index in [1.807, 2.05) is 0 Å². The van der Waals surface area contributed by atoms with E-state index in [2.05, 4.69) is 9.97 Å². The van der Waals surface area contributed by atoms with Crippen molar-refractivity contribution in [3.8, 4) is 0 Å². The highest BCUT2D eigenvalue weighted by atomic mass is 35.5. The first-order chi connectivity index (χ1) is 3.00. The molecule has 5 heteroatoms. The van der Waals surface area contributed by atoms with Crippen LogP contribution in [0.4, 0.5) is 0 Å². The third kappa shape index (κ3) is 7.95. The molecule has 0 amide bonds. The van der Waals surface area contributed by atoms with Crippen molar-refractivity contribution in [3.63, 3.8) is 0 Å². The van der Waals surface area contributed by atoms with Crippen molar-refractivity contribution >= 4 is 37.2 Å². The summed E-state index contributed by atoms with van der Waals surface area (Å²) in [5.74, 6) is 0. The highest BCUT2D eigenvalue weighted by Gasteiger charge is 1.59. The first kappa shape index (κ1) is 16.0. The minimum absolute atomic E-state index is 0. The molecule has 1 heterocycles.